The molecule has 2 N–H and O–H groups in total. The van der Waals surface area contributed by atoms with E-state index in [-0.39, 0.29) is 5.75 Å². The van der Waals surface area contributed by atoms with Crippen LogP contribution in [0.25, 0.3) is 10.8 Å². The third kappa shape index (κ3) is 2.53. The van der Waals surface area contributed by atoms with E-state index in [1.807, 2.05) is 30.3 Å². The quantitative estimate of drug-likeness (QED) is 0.604. The summed E-state index contributed by atoms with van der Waals surface area (Å²) in [5.41, 5.74) is 1.25. The first kappa shape index (κ1) is 13.1. The number of rotatable bonds is 2. The van der Waals surface area contributed by atoms with Crippen LogP contribution in [-0.2, 0) is 0 Å². The summed E-state index contributed by atoms with van der Waals surface area (Å²) < 4.78 is 0. The molecule has 100 valence electrons. The van der Waals surface area contributed by atoms with E-state index < -0.39 is 0 Å². The molecule has 0 fully saturated rings. The van der Waals surface area contributed by atoms with Crippen molar-refractivity contribution in [1.82, 2.24) is 0 Å². The highest BCUT2D eigenvalue weighted by atomic mass is 35.5. The lowest BCUT2D eigenvalue weighted by molar-refractivity contribution is 0.478. The van der Waals surface area contributed by atoms with Gasteiger partial charge in [-0.3, -0.25) is 0 Å². The molecule has 0 radical (unpaired) electrons. The number of fused-ring (bicyclic) bond motifs is 1. The average Bonchev–Trinajstić information content (AvgIpc) is 2.43. The van der Waals surface area contributed by atoms with Gasteiger partial charge in [-0.05, 0) is 41.1 Å². The molecule has 0 aromatic heterocycles. The highest BCUT2D eigenvalue weighted by Gasteiger charge is 2.07. The second-order valence-electron chi connectivity index (χ2n) is 4.47. The number of hydrogen-bond donors (Lipinski definition) is 2. The molecule has 0 unspecified atom stereocenters. The van der Waals surface area contributed by atoms with Crippen molar-refractivity contribution in [1.29, 1.82) is 0 Å². The van der Waals surface area contributed by atoms with Crippen molar-refractivity contribution in [3.8, 4) is 5.75 Å². The van der Waals surface area contributed by atoms with Crippen molar-refractivity contribution in [2.45, 2.75) is 0 Å². The molecule has 0 aliphatic heterocycles. The Balaban J connectivity index is 2.06. The normalized spacial score (nSPS) is 10.7. The zero-order valence-corrected chi connectivity index (χ0v) is 11.9. The molecule has 3 aromatic rings. The van der Waals surface area contributed by atoms with Crippen molar-refractivity contribution in [3.05, 3.63) is 64.6 Å². The van der Waals surface area contributed by atoms with Crippen LogP contribution in [0.4, 0.5) is 11.4 Å². The van der Waals surface area contributed by atoms with Crippen LogP contribution in [0.1, 0.15) is 0 Å². The smallest absolute Gasteiger partial charge is 0.139 e. The number of halogens is 2. The number of hydrogen-bond acceptors (Lipinski definition) is 2. The van der Waals surface area contributed by atoms with E-state index in [0.29, 0.717) is 21.4 Å². The molecule has 0 heterocycles. The van der Waals surface area contributed by atoms with Gasteiger partial charge >= 0.3 is 0 Å². The van der Waals surface area contributed by atoms with Crippen LogP contribution in [0.5, 0.6) is 5.75 Å². The molecule has 4 heteroatoms. The summed E-state index contributed by atoms with van der Waals surface area (Å²) in [6.07, 6.45) is 0. The first-order chi connectivity index (χ1) is 9.63. The van der Waals surface area contributed by atoms with Gasteiger partial charge in [-0.15, -0.1) is 0 Å². The minimum atomic E-state index is 0.166. The predicted molar refractivity (Wildman–Crippen MR) is 85.4 cm³/mol. The lowest BCUT2D eigenvalue weighted by Crippen LogP contribution is -1.92. The predicted octanol–water partition coefficient (Wildman–Crippen LogP) is 5.60. The topological polar surface area (TPSA) is 32.3 Å². The standard InChI is InChI=1S/C16H11Cl2NO/c17-12-5-6-13(18)14(9-12)19-15-7-10-3-1-2-4-11(10)8-16(15)20/h1-9,19-20H. The fourth-order valence-electron chi connectivity index (χ4n) is 2.07. The zero-order chi connectivity index (χ0) is 14.1. The molecule has 0 aliphatic carbocycles. The summed E-state index contributed by atoms with van der Waals surface area (Å²) in [4.78, 5) is 0. The van der Waals surface area contributed by atoms with Gasteiger partial charge in [0.25, 0.3) is 0 Å². The number of aromatic hydroxyl groups is 1. The van der Waals surface area contributed by atoms with Gasteiger partial charge in [-0.25, -0.2) is 0 Å². The van der Waals surface area contributed by atoms with E-state index in [1.165, 1.54) is 0 Å². The molecule has 0 atom stereocenters. The fraction of sp³-hybridized carbons (Fsp3) is 0. The number of phenolic OH excluding ortho intramolecular Hbond substituents is 1. The van der Waals surface area contributed by atoms with Gasteiger partial charge in [0.15, 0.2) is 0 Å². The molecule has 20 heavy (non-hydrogen) atoms. The summed E-state index contributed by atoms with van der Waals surface area (Å²) >= 11 is 12.1. The lowest BCUT2D eigenvalue weighted by Gasteiger charge is -2.11. The molecule has 0 amide bonds. The summed E-state index contributed by atoms with van der Waals surface area (Å²) in [7, 11) is 0. The fourth-order valence-corrected chi connectivity index (χ4v) is 2.40. The second-order valence-corrected chi connectivity index (χ2v) is 5.31. The van der Waals surface area contributed by atoms with Gasteiger partial charge in [0.2, 0.25) is 0 Å². The Kier molecular flexibility index (Phi) is 3.43. The van der Waals surface area contributed by atoms with E-state index >= 15 is 0 Å². The number of benzene rings is 3. The van der Waals surface area contributed by atoms with Crippen molar-refractivity contribution in [3.63, 3.8) is 0 Å². The van der Waals surface area contributed by atoms with Gasteiger partial charge in [0.1, 0.15) is 5.75 Å². The maximum atomic E-state index is 10.1. The van der Waals surface area contributed by atoms with Crippen molar-refractivity contribution < 1.29 is 5.11 Å². The Morgan fingerprint density at radius 2 is 1.50 bits per heavy atom. The minimum Gasteiger partial charge on any atom is -0.506 e. The van der Waals surface area contributed by atoms with Gasteiger partial charge in [0, 0.05) is 5.02 Å². The van der Waals surface area contributed by atoms with Crippen LogP contribution >= 0.6 is 23.2 Å². The molecule has 0 spiro atoms. The van der Waals surface area contributed by atoms with Gasteiger partial charge < -0.3 is 10.4 Å². The molecule has 3 rings (SSSR count). The number of anilines is 2. The number of nitrogens with one attached hydrogen (secondary N) is 1. The molecule has 0 saturated heterocycles. The van der Waals surface area contributed by atoms with Crippen molar-refractivity contribution >= 4 is 45.3 Å². The monoisotopic (exact) mass is 303 g/mol. The zero-order valence-electron chi connectivity index (χ0n) is 10.4. The van der Waals surface area contributed by atoms with Crippen molar-refractivity contribution in [2.75, 3.05) is 5.32 Å². The SMILES string of the molecule is Oc1cc2ccccc2cc1Nc1cc(Cl)ccc1Cl. The molecular weight excluding hydrogens is 293 g/mol. The summed E-state index contributed by atoms with van der Waals surface area (Å²) in [5, 5.41) is 16.3. The molecule has 2 nitrogen and oxygen atoms in total. The first-order valence-corrected chi connectivity index (χ1v) is 6.83. The van der Waals surface area contributed by atoms with E-state index in [2.05, 4.69) is 5.32 Å². The van der Waals surface area contributed by atoms with Crippen LogP contribution in [0.2, 0.25) is 10.0 Å². The van der Waals surface area contributed by atoms with E-state index in [1.54, 1.807) is 24.3 Å². The largest absolute Gasteiger partial charge is 0.506 e. The summed E-state index contributed by atoms with van der Waals surface area (Å²) in [5.74, 6) is 0.166. The molecule has 0 aliphatic rings. The van der Waals surface area contributed by atoms with Crippen LogP contribution < -0.4 is 5.32 Å². The van der Waals surface area contributed by atoms with Gasteiger partial charge in [-0.1, -0.05) is 47.5 Å². The Morgan fingerprint density at radius 3 is 2.25 bits per heavy atom. The Bertz CT molecular complexity index is 787. The Morgan fingerprint density at radius 1 is 0.800 bits per heavy atom. The van der Waals surface area contributed by atoms with Crippen molar-refractivity contribution in [2.24, 2.45) is 0 Å². The van der Waals surface area contributed by atoms with Crippen LogP contribution in [0, 0.1) is 0 Å². The maximum absolute atomic E-state index is 10.1. The Labute approximate surface area is 126 Å². The number of phenols is 1. The summed E-state index contributed by atoms with van der Waals surface area (Å²) in [6.45, 7) is 0. The third-order valence-electron chi connectivity index (χ3n) is 3.06. The molecule has 3 aromatic carbocycles. The average molecular weight is 304 g/mol. The van der Waals surface area contributed by atoms with Gasteiger partial charge in [-0.2, -0.15) is 0 Å². The van der Waals surface area contributed by atoms with Gasteiger partial charge in [0.05, 0.1) is 16.4 Å². The van der Waals surface area contributed by atoms with E-state index in [9.17, 15) is 5.11 Å². The summed E-state index contributed by atoms with van der Waals surface area (Å²) in [6, 6.07) is 16.6. The van der Waals surface area contributed by atoms with Crippen LogP contribution in [-0.4, -0.2) is 5.11 Å². The Hall–Kier alpha value is -1.90. The van der Waals surface area contributed by atoms with E-state index in [0.717, 1.165) is 10.8 Å². The third-order valence-corrected chi connectivity index (χ3v) is 3.63. The first-order valence-electron chi connectivity index (χ1n) is 6.07. The van der Waals surface area contributed by atoms with E-state index in [4.69, 9.17) is 23.2 Å². The van der Waals surface area contributed by atoms with Crippen LogP contribution in [0.15, 0.2) is 54.6 Å². The van der Waals surface area contributed by atoms with Crippen LogP contribution in [0.3, 0.4) is 0 Å². The molecular formula is C16H11Cl2NO. The maximum Gasteiger partial charge on any atom is 0.139 e. The lowest BCUT2D eigenvalue weighted by atomic mass is 10.1. The molecule has 0 bridgehead atoms. The second kappa shape index (κ2) is 5.23. The minimum absolute atomic E-state index is 0.166. The highest BCUT2D eigenvalue weighted by Crippen LogP contribution is 2.34. The highest BCUT2D eigenvalue weighted by molar-refractivity contribution is 6.35. The molecule has 0 saturated carbocycles.